The van der Waals surface area contributed by atoms with Gasteiger partial charge in [-0.05, 0) is 6.42 Å². The fraction of sp³-hybridized carbons (Fsp3) is 0.429. The summed E-state index contributed by atoms with van der Waals surface area (Å²) in [5.74, 6) is -0.328. The van der Waals surface area contributed by atoms with Gasteiger partial charge in [0, 0.05) is 12.8 Å². The van der Waals surface area contributed by atoms with Crippen LogP contribution in [0.25, 0.3) is 0 Å². The molecule has 0 aliphatic rings. The molecule has 0 unspecified atom stereocenters. The Morgan fingerprint density at radius 1 is 1.80 bits per heavy atom. The van der Waals surface area contributed by atoms with Gasteiger partial charge in [-0.2, -0.15) is 5.26 Å². The van der Waals surface area contributed by atoms with E-state index in [1.54, 1.807) is 0 Å². The third kappa shape index (κ3) is 4.85. The third-order valence-corrected chi connectivity index (χ3v) is 0.884. The van der Waals surface area contributed by atoms with Gasteiger partial charge in [0.1, 0.15) is 0 Å². The molecule has 0 aliphatic heterocycles. The fourth-order valence-electron chi connectivity index (χ4n) is 0.464. The molecule has 3 heteroatoms. The minimum atomic E-state index is -0.328. The summed E-state index contributed by atoms with van der Waals surface area (Å²) in [5, 5.41) is 8.09. The van der Waals surface area contributed by atoms with Crippen LogP contribution in [0.3, 0.4) is 0 Å². The van der Waals surface area contributed by atoms with Crippen molar-refractivity contribution in [2.24, 2.45) is 0 Å². The van der Waals surface area contributed by atoms with E-state index in [2.05, 4.69) is 11.3 Å². The number of carbonyl (C=O) groups is 1. The van der Waals surface area contributed by atoms with E-state index in [1.807, 2.05) is 6.07 Å². The zero-order valence-corrected chi connectivity index (χ0v) is 5.67. The molecule has 0 saturated heterocycles. The van der Waals surface area contributed by atoms with Gasteiger partial charge in [-0.1, -0.05) is 6.58 Å². The minimum Gasteiger partial charge on any atom is -0.435 e. The first-order valence-electron chi connectivity index (χ1n) is 2.98. The van der Waals surface area contributed by atoms with Crippen molar-refractivity contribution in [1.82, 2.24) is 0 Å². The molecule has 0 aromatic rings. The van der Waals surface area contributed by atoms with E-state index in [-0.39, 0.29) is 5.97 Å². The standard InChI is InChI=1S/C7H9NO2/c1-2-10-7(9)5-3-4-6-8/h2H,1,3-5H2. The monoisotopic (exact) mass is 139 g/mol. The molecule has 0 N–H and O–H groups in total. The van der Waals surface area contributed by atoms with Crippen molar-refractivity contribution in [1.29, 1.82) is 5.26 Å². The number of ether oxygens (including phenoxy) is 1. The van der Waals surface area contributed by atoms with Crippen molar-refractivity contribution in [2.45, 2.75) is 19.3 Å². The van der Waals surface area contributed by atoms with Crippen LogP contribution in [0, 0.1) is 11.3 Å². The lowest BCUT2D eigenvalue weighted by atomic mass is 10.2. The van der Waals surface area contributed by atoms with Crippen LogP contribution in [0.5, 0.6) is 0 Å². The highest BCUT2D eigenvalue weighted by atomic mass is 16.5. The van der Waals surface area contributed by atoms with Crippen LogP contribution < -0.4 is 0 Å². The maximum atomic E-state index is 10.5. The van der Waals surface area contributed by atoms with E-state index in [0.717, 1.165) is 6.26 Å². The second kappa shape index (κ2) is 5.83. The van der Waals surface area contributed by atoms with Gasteiger partial charge in [0.05, 0.1) is 12.3 Å². The van der Waals surface area contributed by atoms with Crippen molar-refractivity contribution in [2.75, 3.05) is 0 Å². The molecule has 0 radical (unpaired) electrons. The molecular formula is C7H9NO2. The molecule has 0 rings (SSSR count). The molecule has 0 atom stereocenters. The Balaban J connectivity index is 3.23. The molecular weight excluding hydrogens is 130 g/mol. The molecule has 10 heavy (non-hydrogen) atoms. The maximum Gasteiger partial charge on any atom is 0.310 e. The first-order valence-corrected chi connectivity index (χ1v) is 2.98. The van der Waals surface area contributed by atoms with Crippen LogP contribution in [0.4, 0.5) is 0 Å². The summed E-state index contributed by atoms with van der Waals surface area (Å²) >= 11 is 0. The van der Waals surface area contributed by atoms with E-state index in [9.17, 15) is 4.79 Å². The highest BCUT2D eigenvalue weighted by Gasteiger charge is 1.98. The fourth-order valence-corrected chi connectivity index (χ4v) is 0.464. The van der Waals surface area contributed by atoms with Crippen molar-refractivity contribution in [3.63, 3.8) is 0 Å². The number of nitrogens with zero attached hydrogens (tertiary/aromatic N) is 1. The minimum absolute atomic E-state index is 0.291. The normalized spacial score (nSPS) is 7.90. The van der Waals surface area contributed by atoms with Gasteiger partial charge in [-0.25, -0.2) is 0 Å². The second-order valence-corrected chi connectivity index (χ2v) is 1.67. The van der Waals surface area contributed by atoms with Crippen molar-refractivity contribution in [3.8, 4) is 6.07 Å². The zero-order valence-electron chi connectivity index (χ0n) is 5.67. The second-order valence-electron chi connectivity index (χ2n) is 1.67. The Morgan fingerprint density at radius 3 is 3.00 bits per heavy atom. The van der Waals surface area contributed by atoms with Gasteiger partial charge < -0.3 is 4.74 Å². The highest BCUT2D eigenvalue weighted by Crippen LogP contribution is 1.95. The lowest BCUT2D eigenvalue weighted by Crippen LogP contribution is -1.97. The Kier molecular flexibility index (Phi) is 5.07. The third-order valence-electron chi connectivity index (χ3n) is 0.884. The maximum absolute atomic E-state index is 10.5. The zero-order chi connectivity index (χ0) is 7.82. The molecule has 0 fully saturated rings. The van der Waals surface area contributed by atoms with E-state index in [1.165, 1.54) is 0 Å². The number of carbonyl (C=O) groups excluding carboxylic acids is 1. The molecule has 0 aliphatic carbocycles. The van der Waals surface area contributed by atoms with Crippen molar-refractivity contribution >= 4 is 5.97 Å². The van der Waals surface area contributed by atoms with Crippen molar-refractivity contribution in [3.05, 3.63) is 12.8 Å². The van der Waals surface area contributed by atoms with E-state index in [4.69, 9.17) is 5.26 Å². The molecule has 0 saturated carbocycles. The van der Waals surface area contributed by atoms with E-state index < -0.39 is 0 Å². The van der Waals surface area contributed by atoms with Crippen LogP contribution in [0.1, 0.15) is 19.3 Å². The summed E-state index contributed by atoms with van der Waals surface area (Å²) in [6.45, 7) is 3.22. The topological polar surface area (TPSA) is 50.1 Å². The molecule has 0 spiro atoms. The Hall–Kier alpha value is -1.30. The van der Waals surface area contributed by atoms with Gasteiger partial charge in [-0.3, -0.25) is 4.79 Å². The van der Waals surface area contributed by atoms with E-state index in [0.29, 0.717) is 19.3 Å². The number of nitriles is 1. The number of rotatable bonds is 4. The van der Waals surface area contributed by atoms with Crippen LogP contribution in [-0.2, 0) is 9.53 Å². The van der Waals surface area contributed by atoms with Crippen LogP contribution in [0.15, 0.2) is 12.8 Å². The number of unbranched alkanes of at least 4 members (excludes halogenated alkanes) is 1. The Labute approximate surface area is 59.9 Å². The molecule has 54 valence electrons. The van der Waals surface area contributed by atoms with Gasteiger partial charge >= 0.3 is 5.97 Å². The summed E-state index contributed by atoms with van der Waals surface area (Å²) in [7, 11) is 0. The van der Waals surface area contributed by atoms with Gasteiger partial charge in [0.2, 0.25) is 0 Å². The summed E-state index contributed by atoms with van der Waals surface area (Å²) in [6, 6.07) is 1.93. The van der Waals surface area contributed by atoms with Crippen molar-refractivity contribution < 1.29 is 9.53 Å². The molecule has 3 nitrogen and oxygen atoms in total. The molecule has 0 aromatic heterocycles. The van der Waals surface area contributed by atoms with Gasteiger partial charge in [0.25, 0.3) is 0 Å². The summed E-state index contributed by atoms with van der Waals surface area (Å²) in [6.07, 6.45) is 2.34. The van der Waals surface area contributed by atoms with Gasteiger partial charge in [0.15, 0.2) is 0 Å². The molecule has 0 aromatic carbocycles. The van der Waals surface area contributed by atoms with Crippen LogP contribution >= 0.6 is 0 Å². The predicted octanol–water partition coefficient (Wildman–Crippen LogP) is 1.37. The lowest BCUT2D eigenvalue weighted by Gasteiger charge is -1.93. The predicted molar refractivity (Wildman–Crippen MR) is 35.8 cm³/mol. The number of hydrogen-bond donors (Lipinski definition) is 0. The van der Waals surface area contributed by atoms with Gasteiger partial charge in [-0.15, -0.1) is 0 Å². The Bertz CT molecular complexity index is 157. The van der Waals surface area contributed by atoms with Crippen LogP contribution in [0.2, 0.25) is 0 Å². The first kappa shape index (κ1) is 8.70. The summed E-state index contributed by atoms with van der Waals surface area (Å²) in [5.41, 5.74) is 0. The van der Waals surface area contributed by atoms with E-state index >= 15 is 0 Å². The number of hydrogen-bond acceptors (Lipinski definition) is 3. The summed E-state index contributed by atoms with van der Waals surface area (Å²) < 4.78 is 4.40. The number of esters is 1. The highest BCUT2D eigenvalue weighted by molar-refractivity contribution is 5.69. The smallest absolute Gasteiger partial charge is 0.310 e. The molecule has 0 heterocycles. The molecule has 0 bridgehead atoms. The summed E-state index contributed by atoms with van der Waals surface area (Å²) in [4.78, 5) is 10.5. The largest absolute Gasteiger partial charge is 0.435 e. The van der Waals surface area contributed by atoms with Crippen LogP contribution in [-0.4, -0.2) is 5.97 Å². The average Bonchev–Trinajstić information content (AvgIpc) is 1.89. The lowest BCUT2D eigenvalue weighted by molar-refractivity contribution is -0.138. The first-order chi connectivity index (χ1) is 4.81. The Morgan fingerprint density at radius 2 is 2.50 bits per heavy atom. The SMILES string of the molecule is C=COC(=O)CCCC#N. The quantitative estimate of drug-likeness (QED) is 0.335. The molecule has 0 amide bonds. The average molecular weight is 139 g/mol.